The first kappa shape index (κ1) is 13.2. The Balaban J connectivity index is 1.93. The Hall–Kier alpha value is -1.19. The molecular weight excluding hydrogens is 288 g/mol. The molecular formula is C15H17BrN2. The minimum Gasteiger partial charge on any atom is -0.306 e. The smallest absolute Gasteiger partial charge is 0.0372 e. The first-order valence-corrected chi connectivity index (χ1v) is 6.85. The topological polar surface area (TPSA) is 24.9 Å². The van der Waals surface area contributed by atoms with Gasteiger partial charge in [0.2, 0.25) is 0 Å². The van der Waals surface area contributed by atoms with Crippen LogP contribution in [0.25, 0.3) is 0 Å². The summed E-state index contributed by atoms with van der Waals surface area (Å²) in [4.78, 5) is 4.30. The Bertz CT molecular complexity index is 491. The fraction of sp³-hybridized carbons (Fsp3) is 0.267. The van der Waals surface area contributed by atoms with Gasteiger partial charge in [0.25, 0.3) is 0 Å². The number of hydrogen-bond acceptors (Lipinski definition) is 2. The minimum absolute atomic E-state index is 0.333. The maximum absolute atomic E-state index is 4.30. The molecule has 0 aliphatic carbocycles. The number of aryl methyl sites for hydroxylation is 1. The van der Waals surface area contributed by atoms with Gasteiger partial charge in [-0.15, -0.1) is 0 Å². The summed E-state index contributed by atoms with van der Waals surface area (Å²) in [6.45, 7) is 5.01. The lowest BCUT2D eigenvalue weighted by Crippen LogP contribution is -2.18. The van der Waals surface area contributed by atoms with E-state index in [-0.39, 0.29) is 0 Å². The molecule has 0 aliphatic heterocycles. The lowest BCUT2D eigenvalue weighted by molar-refractivity contribution is 0.573. The summed E-state index contributed by atoms with van der Waals surface area (Å²) in [6, 6.07) is 12.9. The molecule has 1 aromatic carbocycles. The lowest BCUT2D eigenvalue weighted by Gasteiger charge is -2.14. The summed E-state index contributed by atoms with van der Waals surface area (Å²) < 4.78 is 1.11. The summed E-state index contributed by atoms with van der Waals surface area (Å²) in [7, 11) is 0. The summed E-state index contributed by atoms with van der Waals surface area (Å²) in [5.41, 5.74) is 3.56. The predicted molar refractivity (Wildman–Crippen MR) is 78.4 cm³/mol. The van der Waals surface area contributed by atoms with Gasteiger partial charge in [-0.3, -0.25) is 4.98 Å². The van der Waals surface area contributed by atoms with E-state index in [9.17, 15) is 0 Å². The quantitative estimate of drug-likeness (QED) is 0.923. The molecule has 1 atom stereocenters. The number of hydrogen-bond donors (Lipinski definition) is 1. The average molecular weight is 305 g/mol. The largest absolute Gasteiger partial charge is 0.306 e. The summed E-state index contributed by atoms with van der Waals surface area (Å²) in [6.07, 6.45) is 1.93. The molecule has 0 amide bonds. The van der Waals surface area contributed by atoms with Crippen molar-refractivity contribution < 1.29 is 0 Å². The number of nitrogens with zero attached hydrogens (tertiary/aromatic N) is 1. The third kappa shape index (κ3) is 3.65. The van der Waals surface area contributed by atoms with Crippen LogP contribution in [0.15, 0.2) is 47.1 Å². The van der Waals surface area contributed by atoms with Crippen molar-refractivity contribution in [2.45, 2.75) is 26.4 Å². The molecule has 0 saturated carbocycles. The van der Waals surface area contributed by atoms with E-state index < -0.39 is 0 Å². The van der Waals surface area contributed by atoms with E-state index in [4.69, 9.17) is 0 Å². The minimum atomic E-state index is 0.333. The molecule has 0 spiro atoms. The van der Waals surface area contributed by atoms with Crippen molar-refractivity contribution in [1.29, 1.82) is 0 Å². The molecule has 0 unspecified atom stereocenters. The normalized spacial score (nSPS) is 12.4. The third-order valence-electron chi connectivity index (χ3n) is 2.95. The second kappa shape index (κ2) is 6.12. The lowest BCUT2D eigenvalue weighted by atomic mass is 10.1. The Morgan fingerprint density at radius 1 is 1.17 bits per heavy atom. The van der Waals surface area contributed by atoms with Crippen molar-refractivity contribution in [3.05, 3.63) is 63.9 Å². The zero-order valence-electron chi connectivity index (χ0n) is 10.7. The predicted octanol–water partition coefficient (Wildman–Crippen LogP) is 4.00. The van der Waals surface area contributed by atoms with Crippen molar-refractivity contribution in [2.75, 3.05) is 0 Å². The molecule has 18 heavy (non-hydrogen) atoms. The second-order valence-electron chi connectivity index (χ2n) is 4.46. The molecule has 2 aromatic rings. The fourth-order valence-electron chi connectivity index (χ4n) is 1.74. The highest BCUT2D eigenvalue weighted by molar-refractivity contribution is 9.10. The van der Waals surface area contributed by atoms with Crippen LogP contribution in [0.5, 0.6) is 0 Å². The Labute approximate surface area is 117 Å². The molecule has 3 heteroatoms. The van der Waals surface area contributed by atoms with Gasteiger partial charge in [-0.25, -0.2) is 0 Å². The van der Waals surface area contributed by atoms with Crippen LogP contribution in [0.3, 0.4) is 0 Å². The third-order valence-corrected chi connectivity index (χ3v) is 3.48. The number of halogens is 1. The standard InChI is InChI=1S/C15H17BrN2/c1-11-3-4-13(9-17-11)10-18-12(2)14-5-7-15(16)8-6-14/h3-9,12,18H,10H2,1-2H3/t12-/m1/s1. The zero-order valence-corrected chi connectivity index (χ0v) is 12.2. The monoisotopic (exact) mass is 304 g/mol. The number of pyridine rings is 1. The van der Waals surface area contributed by atoms with E-state index in [0.29, 0.717) is 6.04 Å². The molecule has 1 aromatic heterocycles. The van der Waals surface area contributed by atoms with Gasteiger partial charge in [-0.2, -0.15) is 0 Å². The Kier molecular flexibility index (Phi) is 4.50. The van der Waals surface area contributed by atoms with Gasteiger partial charge in [0, 0.05) is 29.0 Å². The summed E-state index contributed by atoms with van der Waals surface area (Å²) in [5, 5.41) is 3.50. The van der Waals surface area contributed by atoms with Crippen LogP contribution in [-0.2, 0) is 6.54 Å². The van der Waals surface area contributed by atoms with Crippen LogP contribution in [0.4, 0.5) is 0 Å². The highest BCUT2D eigenvalue weighted by atomic mass is 79.9. The number of aromatic nitrogens is 1. The van der Waals surface area contributed by atoms with Gasteiger partial charge in [0.05, 0.1) is 0 Å². The Morgan fingerprint density at radius 3 is 2.50 bits per heavy atom. The van der Waals surface area contributed by atoms with Gasteiger partial charge in [-0.05, 0) is 43.2 Å². The summed E-state index contributed by atoms with van der Waals surface area (Å²) >= 11 is 3.45. The maximum atomic E-state index is 4.30. The SMILES string of the molecule is Cc1ccc(CN[C@H](C)c2ccc(Br)cc2)cn1. The first-order valence-electron chi connectivity index (χ1n) is 6.05. The van der Waals surface area contributed by atoms with Crippen LogP contribution in [0.1, 0.15) is 29.8 Å². The number of nitrogens with one attached hydrogen (secondary N) is 1. The highest BCUT2D eigenvalue weighted by Crippen LogP contribution is 2.16. The molecule has 94 valence electrons. The van der Waals surface area contributed by atoms with Crippen LogP contribution >= 0.6 is 15.9 Å². The van der Waals surface area contributed by atoms with E-state index in [1.165, 1.54) is 11.1 Å². The van der Waals surface area contributed by atoms with Crippen molar-refractivity contribution in [2.24, 2.45) is 0 Å². The van der Waals surface area contributed by atoms with Crippen molar-refractivity contribution in [3.8, 4) is 0 Å². The van der Waals surface area contributed by atoms with Crippen LogP contribution in [0, 0.1) is 6.92 Å². The molecule has 1 heterocycles. The zero-order chi connectivity index (χ0) is 13.0. The molecule has 0 bridgehead atoms. The summed E-state index contributed by atoms with van der Waals surface area (Å²) in [5.74, 6) is 0. The first-order chi connectivity index (χ1) is 8.65. The number of benzene rings is 1. The molecule has 2 rings (SSSR count). The number of rotatable bonds is 4. The van der Waals surface area contributed by atoms with Gasteiger partial charge < -0.3 is 5.32 Å². The van der Waals surface area contributed by atoms with E-state index in [1.54, 1.807) is 0 Å². The van der Waals surface area contributed by atoms with Gasteiger partial charge in [0.15, 0.2) is 0 Å². The maximum Gasteiger partial charge on any atom is 0.0372 e. The molecule has 0 aliphatic rings. The Morgan fingerprint density at radius 2 is 1.89 bits per heavy atom. The fourth-order valence-corrected chi connectivity index (χ4v) is 2.01. The van der Waals surface area contributed by atoms with Gasteiger partial charge in [-0.1, -0.05) is 34.1 Å². The molecule has 0 radical (unpaired) electrons. The van der Waals surface area contributed by atoms with Gasteiger partial charge in [0.1, 0.15) is 0 Å². The van der Waals surface area contributed by atoms with Crippen molar-refractivity contribution in [1.82, 2.24) is 10.3 Å². The van der Waals surface area contributed by atoms with E-state index in [2.05, 4.69) is 63.5 Å². The van der Waals surface area contributed by atoms with Crippen molar-refractivity contribution in [3.63, 3.8) is 0 Å². The van der Waals surface area contributed by atoms with Crippen LogP contribution in [0.2, 0.25) is 0 Å². The molecule has 0 fully saturated rings. The van der Waals surface area contributed by atoms with Crippen LogP contribution < -0.4 is 5.32 Å². The average Bonchev–Trinajstić information content (AvgIpc) is 2.38. The van der Waals surface area contributed by atoms with Crippen molar-refractivity contribution >= 4 is 15.9 Å². The second-order valence-corrected chi connectivity index (χ2v) is 5.38. The van der Waals surface area contributed by atoms with E-state index >= 15 is 0 Å². The van der Waals surface area contributed by atoms with Crippen LogP contribution in [-0.4, -0.2) is 4.98 Å². The molecule has 2 nitrogen and oxygen atoms in total. The highest BCUT2D eigenvalue weighted by Gasteiger charge is 2.04. The molecule has 0 saturated heterocycles. The van der Waals surface area contributed by atoms with E-state index in [1.807, 2.05) is 19.2 Å². The van der Waals surface area contributed by atoms with Gasteiger partial charge >= 0.3 is 0 Å². The molecule has 1 N–H and O–H groups in total. The van der Waals surface area contributed by atoms with E-state index in [0.717, 1.165) is 16.7 Å².